The maximum atomic E-state index is 10.3. The van der Waals surface area contributed by atoms with Crippen LogP contribution < -0.4 is 0 Å². The minimum Gasteiger partial charge on any atom is -0.481 e. The summed E-state index contributed by atoms with van der Waals surface area (Å²) in [5.74, 6) is -0.758. The monoisotopic (exact) mass is 227 g/mol. The summed E-state index contributed by atoms with van der Waals surface area (Å²) in [6.45, 7) is 0.812. The number of carboxylic acids is 1. The topological polar surface area (TPSA) is 88.2 Å². The van der Waals surface area contributed by atoms with E-state index in [2.05, 4.69) is 10.3 Å². The van der Waals surface area contributed by atoms with Crippen molar-refractivity contribution in [1.29, 1.82) is 0 Å². The molecule has 0 unspecified atom stereocenters. The van der Waals surface area contributed by atoms with Gasteiger partial charge in [-0.1, -0.05) is 5.21 Å². The Morgan fingerprint density at radius 2 is 2.19 bits per heavy atom. The molecule has 0 saturated heterocycles. The first-order chi connectivity index (χ1) is 7.72. The molecule has 2 N–H and O–H groups in total. The van der Waals surface area contributed by atoms with Crippen LogP contribution in [0.3, 0.4) is 0 Å². The fourth-order valence-electron chi connectivity index (χ4n) is 1.38. The van der Waals surface area contributed by atoms with Gasteiger partial charge in [0.1, 0.15) is 0 Å². The predicted molar refractivity (Wildman–Crippen MR) is 56.9 cm³/mol. The number of aliphatic carboxylic acids is 1. The van der Waals surface area contributed by atoms with Crippen LogP contribution >= 0.6 is 0 Å². The molecule has 0 fully saturated rings. The van der Waals surface area contributed by atoms with E-state index in [1.165, 1.54) is 0 Å². The van der Waals surface area contributed by atoms with Gasteiger partial charge >= 0.3 is 5.97 Å². The molecule has 90 valence electrons. The molecule has 0 bridgehead atoms. The largest absolute Gasteiger partial charge is 0.481 e. The third kappa shape index (κ3) is 4.88. The number of aliphatic hydroxyl groups excluding tert-OH is 1. The number of hydrogen-bond acceptors (Lipinski definition) is 4. The Labute approximate surface area is 93.9 Å². The second kappa shape index (κ2) is 6.95. The fraction of sp³-hybridized carbons (Fsp3) is 0.700. The van der Waals surface area contributed by atoms with Crippen LogP contribution in [0.2, 0.25) is 0 Å². The molecule has 0 atom stereocenters. The lowest BCUT2D eigenvalue weighted by Crippen LogP contribution is -2.00. The van der Waals surface area contributed by atoms with Crippen molar-refractivity contribution in [2.75, 3.05) is 6.61 Å². The normalized spacial score (nSPS) is 10.6. The van der Waals surface area contributed by atoms with Crippen molar-refractivity contribution >= 4 is 5.97 Å². The highest BCUT2D eigenvalue weighted by Gasteiger charge is 2.02. The summed E-state index contributed by atoms with van der Waals surface area (Å²) < 4.78 is 1.70. The number of rotatable bonds is 8. The first-order valence-corrected chi connectivity index (χ1v) is 5.44. The van der Waals surface area contributed by atoms with Gasteiger partial charge in [-0.2, -0.15) is 0 Å². The predicted octanol–water partition coefficient (Wildman–Crippen LogP) is 0.458. The van der Waals surface area contributed by atoms with Crippen LogP contribution in [-0.4, -0.2) is 37.8 Å². The van der Waals surface area contributed by atoms with Crippen LogP contribution in [0.4, 0.5) is 0 Å². The number of carboxylic acid groups (broad SMARTS) is 1. The Bertz CT molecular complexity index is 325. The minimum atomic E-state index is -0.758. The Balaban J connectivity index is 2.21. The summed E-state index contributed by atoms with van der Waals surface area (Å²) in [6, 6.07) is 0. The van der Waals surface area contributed by atoms with Gasteiger partial charge in [-0.15, -0.1) is 5.10 Å². The highest BCUT2D eigenvalue weighted by atomic mass is 16.4. The van der Waals surface area contributed by atoms with Crippen molar-refractivity contribution in [3.05, 3.63) is 11.9 Å². The SMILES string of the molecule is O=C(O)CCCCc1cn(CCCO)nn1. The zero-order valence-corrected chi connectivity index (χ0v) is 9.17. The van der Waals surface area contributed by atoms with E-state index in [0.29, 0.717) is 19.4 Å². The van der Waals surface area contributed by atoms with Crippen LogP contribution in [-0.2, 0) is 17.8 Å². The molecule has 6 heteroatoms. The van der Waals surface area contributed by atoms with Crippen molar-refractivity contribution in [2.24, 2.45) is 0 Å². The molecule has 0 spiro atoms. The fourth-order valence-corrected chi connectivity index (χ4v) is 1.38. The average Bonchev–Trinajstić information content (AvgIpc) is 2.69. The van der Waals surface area contributed by atoms with Crippen LogP contribution in [0.5, 0.6) is 0 Å². The lowest BCUT2D eigenvalue weighted by atomic mass is 10.1. The van der Waals surface area contributed by atoms with Gasteiger partial charge in [0.2, 0.25) is 0 Å². The van der Waals surface area contributed by atoms with E-state index in [0.717, 1.165) is 18.5 Å². The summed E-state index contributed by atoms with van der Waals surface area (Å²) in [4.78, 5) is 10.3. The van der Waals surface area contributed by atoms with Crippen molar-refractivity contribution in [3.63, 3.8) is 0 Å². The molecule has 1 heterocycles. The Kier molecular flexibility index (Phi) is 5.49. The molecule has 1 aromatic rings. The number of unbranched alkanes of at least 4 members (excludes halogenated alkanes) is 1. The summed E-state index contributed by atoms with van der Waals surface area (Å²) in [5, 5.41) is 25.0. The summed E-state index contributed by atoms with van der Waals surface area (Å²) >= 11 is 0. The van der Waals surface area contributed by atoms with Crippen molar-refractivity contribution < 1.29 is 15.0 Å². The smallest absolute Gasteiger partial charge is 0.303 e. The second-order valence-corrected chi connectivity index (χ2v) is 3.65. The Morgan fingerprint density at radius 3 is 2.88 bits per heavy atom. The van der Waals surface area contributed by atoms with Crippen molar-refractivity contribution in [3.8, 4) is 0 Å². The highest BCUT2D eigenvalue weighted by Crippen LogP contribution is 2.03. The molecule has 0 aliphatic heterocycles. The maximum Gasteiger partial charge on any atom is 0.303 e. The third-order valence-electron chi connectivity index (χ3n) is 2.20. The molecule has 0 radical (unpaired) electrons. The lowest BCUT2D eigenvalue weighted by Gasteiger charge is -1.96. The molecule has 0 amide bonds. The molecule has 1 aromatic heterocycles. The van der Waals surface area contributed by atoms with Gasteiger partial charge in [-0.05, 0) is 25.7 Å². The van der Waals surface area contributed by atoms with Gasteiger partial charge in [-0.25, -0.2) is 0 Å². The summed E-state index contributed by atoms with van der Waals surface area (Å²) in [7, 11) is 0. The number of carbonyl (C=O) groups is 1. The van der Waals surface area contributed by atoms with Crippen LogP contribution in [0.15, 0.2) is 6.20 Å². The Morgan fingerprint density at radius 1 is 1.38 bits per heavy atom. The van der Waals surface area contributed by atoms with Crippen LogP contribution in [0, 0.1) is 0 Å². The zero-order valence-electron chi connectivity index (χ0n) is 9.17. The quantitative estimate of drug-likeness (QED) is 0.630. The van der Waals surface area contributed by atoms with E-state index >= 15 is 0 Å². The molecule has 0 aliphatic rings. The van der Waals surface area contributed by atoms with E-state index in [1.54, 1.807) is 4.68 Å². The molecule has 6 nitrogen and oxygen atoms in total. The number of aromatic nitrogens is 3. The zero-order chi connectivity index (χ0) is 11.8. The van der Waals surface area contributed by atoms with E-state index in [9.17, 15) is 4.79 Å². The van der Waals surface area contributed by atoms with E-state index < -0.39 is 5.97 Å². The minimum absolute atomic E-state index is 0.147. The van der Waals surface area contributed by atoms with Gasteiger partial charge < -0.3 is 10.2 Å². The van der Waals surface area contributed by atoms with Gasteiger partial charge in [0.25, 0.3) is 0 Å². The third-order valence-corrected chi connectivity index (χ3v) is 2.20. The van der Waals surface area contributed by atoms with Gasteiger partial charge in [0, 0.05) is 25.8 Å². The summed E-state index contributed by atoms with van der Waals surface area (Å²) in [6.07, 6.45) is 4.95. The molecule has 1 rings (SSSR count). The average molecular weight is 227 g/mol. The highest BCUT2D eigenvalue weighted by molar-refractivity contribution is 5.66. The van der Waals surface area contributed by atoms with E-state index in [4.69, 9.17) is 10.2 Å². The first-order valence-electron chi connectivity index (χ1n) is 5.44. The van der Waals surface area contributed by atoms with Crippen molar-refractivity contribution in [1.82, 2.24) is 15.0 Å². The number of aryl methyl sites for hydroxylation is 2. The molecular formula is C10H17N3O3. The lowest BCUT2D eigenvalue weighted by molar-refractivity contribution is -0.137. The molecule has 16 heavy (non-hydrogen) atoms. The maximum absolute atomic E-state index is 10.3. The number of hydrogen-bond donors (Lipinski definition) is 2. The summed E-state index contributed by atoms with van der Waals surface area (Å²) in [5.41, 5.74) is 0.878. The van der Waals surface area contributed by atoms with E-state index in [-0.39, 0.29) is 13.0 Å². The van der Waals surface area contributed by atoms with Crippen LogP contribution in [0.1, 0.15) is 31.4 Å². The molecule has 0 aromatic carbocycles. The van der Waals surface area contributed by atoms with Gasteiger partial charge in [0.15, 0.2) is 0 Å². The van der Waals surface area contributed by atoms with E-state index in [1.807, 2.05) is 6.20 Å². The standard InChI is InChI=1S/C10H17N3O3/c14-7-3-6-13-8-9(11-12-13)4-1-2-5-10(15)16/h8,14H,1-7H2,(H,15,16). The second-order valence-electron chi connectivity index (χ2n) is 3.65. The van der Waals surface area contributed by atoms with Crippen molar-refractivity contribution in [2.45, 2.75) is 38.6 Å². The molecule has 0 aliphatic carbocycles. The number of aliphatic hydroxyl groups is 1. The molecule has 0 saturated carbocycles. The van der Waals surface area contributed by atoms with Gasteiger partial charge in [-0.3, -0.25) is 9.48 Å². The Hall–Kier alpha value is -1.43. The van der Waals surface area contributed by atoms with Gasteiger partial charge in [0.05, 0.1) is 5.69 Å². The number of nitrogens with zero attached hydrogens (tertiary/aromatic N) is 3. The van der Waals surface area contributed by atoms with Crippen LogP contribution in [0.25, 0.3) is 0 Å². The molecular weight excluding hydrogens is 210 g/mol. The first kappa shape index (κ1) is 12.6.